The van der Waals surface area contributed by atoms with Gasteiger partial charge in [-0.1, -0.05) is 0 Å². The fourth-order valence-corrected chi connectivity index (χ4v) is 1.25. The largest absolute Gasteiger partial charge is 0.508 e. The van der Waals surface area contributed by atoms with Crippen LogP contribution in [-0.2, 0) is 0 Å². The maximum absolute atomic E-state index is 10.2. The van der Waals surface area contributed by atoms with E-state index in [2.05, 4.69) is 0 Å². The predicted octanol–water partition coefficient (Wildman–Crippen LogP) is 1.44. The van der Waals surface area contributed by atoms with Crippen molar-refractivity contribution in [1.82, 2.24) is 0 Å². The van der Waals surface area contributed by atoms with E-state index in [1.807, 2.05) is 0 Å². The molecular formula is C12H14N4O4. The molecule has 106 valence electrons. The van der Waals surface area contributed by atoms with Crippen molar-refractivity contribution in [3.8, 4) is 11.5 Å². The van der Waals surface area contributed by atoms with Crippen molar-refractivity contribution in [2.45, 2.75) is 0 Å². The smallest absolute Gasteiger partial charge is 0.295 e. The van der Waals surface area contributed by atoms with Crippen LogP contribution >= 0.6 is 0 Å². The fourth-order valence-electron chi connectivity index (χ4n) is 1.25. The molecule has 0 saturated heterocycles. The van der Waals surface area contributed by atoms with Crippen molar-refractivity contribution >= 4 is 22.7 Å². The molecule has 8 nitrogen and oxygen atoms in total. The lowest BCUT2D eigenvalue weighted by Gasteiger charge is -1.97. The number of hydrogen-bond donors (Lipinski definition) is 5. The van der Waals surface area contributed by atoms with Crippen LogP contribution in [0.5, 0.6) is 11.5 Å². The maximum Gasteiger partial charge on any atom is 0.295 e. The van der Waals surface area contributed by atoms with Gasteiger partial charge < -0.3 is 27.4 Å². The SMILES string of the molecule is Nc1ccc(O)cc1N.Nc1ccc(O)cc1[N+](=O)[O-]. The van der Waals surface area contributed by atoms with Gasteiger partial charge >= 0.3 is 0 Å². The van der Waals surface area contributed by atoms with E-state index >= 15 is 0 Å². The Kier molecular flexibility index (Phi) is 4.57. The first kappa shape index (κ1) is 14.9. The van der Waals surface area contributed by atoms with E-state index in [1.54, 1.807) is 6.07 Å². The molecule has 8 N–H and O–H groups in total. The molecule has 0 aromatic heterocycles. The maximum atomic E-state index is 10.2. The molecule has 2 aromatic carbocycles. The summed E-state index contributed by atoms with van der Waals surface area (Å²) in [5.41, 5.74) is 16.6. The molecule has 0 atom stereocenters. The number of phenols is 2. The Morgan fingerprint density at radius 2 is 1.35 bits per heavy atom. The van der Waals surface area contributed by atoms with E-state index < -0.39 is 4.92 Å². The first-order valence-electron chi connectivity index (χ1n) is 5.38. The first-order valence-corrected chi connectivity index (χ1v) is 5.38. The van der Waals surface area contributed by atoms with Crippen LogP contribution in [0.2, 0.25) is 0 Å². The van der Waals surface area contributed by atoms with Gasteiger partial charge in [0, 0.05) is 6.07 Å². The van der Waals surface area contributed by atoms with E-state index in [9.17, 15) is 10.1 Å². The number of aromatic hydroxyl groups is 2. The minimum atomic E-state index is -0.644. The molecular weight excluding hydrogens is 264 g/mol. The Hall–Kier alpha value is -3.16. The number of nitrogen functional groups attached to an aromatic ring is 3. The number of benzene rings is 2. The monoisotopic (exact) mass is 278 g/mol. The van der Waals surface area contributed by atoms with Gasteiger partial charge in [-0.05, 0) is 24.3 Å². The third kappa shape index (κ3) is 3.95. The Bertz CT molecular complexity index is 631. The van der Waals surface area contributed by atoms with Crippen LogP contribution in [0.4, 0.5) is 22.7 Å². The lowest BCUT2D eigenvalue weighted by Crippen LogP contribution is -1.94. The van der Waals surface area contributed by atoms with E-state index in [0.717, 1.165) is 6.07 Å². The number of nitro benzene ring substituents is 1. The van der Waals surface area contributed by atoms with Gasteiger partial charge in [0.25, 0.3) is 5.69 Å². The number of phenolic OH excluding ortho intramolecular Hbond substituents is 2. The highest BCUT2D eigenvalue weighted by Crippen LogP contribution is 2.25. The zero-order valence-corrected chi connectivity index (χ0v) is 10.4. The van der Waals surface area contributed by atoms with Gasteiger partial charge in [0.1, 0.15) is 17.2 Å². The van der Waals surface area contributed by atoms with Gasteiger partial charge in [0.15, 0.2) is 0 Å². The van der Waals surface area contributed by atoms with Gasteiger partial charge in [0.05, 0.1) is 22.4 Å². The minimum Gasteiger partial charge on any atom is -0.508 e. The van der Waals surface area contributed by atoms with Crippen molar-refractivity contribution in [2.24, 2.45) is 0 Å². The normalized spacial score (nSPS) is 9.40. The zero-order chi connectivity index (χ0) is 15.3. The number of nitrogens with zero attached hydrogens (tertiary/aromatic N) is 1. The molecule has 2 rings (SSSR count). The van der Waals surface area contributed by atoms with Crippen molar-refractivity contribution < 1.29 is 15.1 Å². The number of hydrogen-bond acceptors (Lipinski definition) is 7. The first-order chi connectivity index (χ1) is 9.31. The summed E-state index contributed by atoms with van der Waals surface area (Å²) in [4.78, 5) is 9.54. The molecule has 0 unspecified atom stereocenters. The summed E-state index contributed by atoms with van der Waals surface area (Å²) < 4.78 is 0. The van der Waals surface area contributed by atoms with Gasteiger partial charge in [-0.15, -0.1) is 0 Å². The van der Waals surface area contributed by atoms with Gasteiger partial charge in [-0.25, -0.2) is 0 Å². The second-order valence-electron chi connectivity index (χ2n) is 3.81. The van der Waals surface area contributed by atoms with Crippen LogP contribution < -0.4 is 17.2 Å². The van der Waals surface area contributed by atoms with Crippen molar-refractivity contribution in [3.63, 3.8) is 0 Å². The Morgan fingerprint density at radius 1 is 0.850 bits per heavy atom. The minimum absolute atomic E-state index is 0.0489. The van der Waals surface area contributed by atoms with Crippen LogP contribution in [0.15, 0.2) is 36.4 Å². The van der Waals surface area contributed by atoms with Crippen molar-refractivity contribution in [1.29, 1.82) is 0 Å². The zero-order valence-electron chi connectivity index (χ0n) is 10.4. The van der Waals surface area contributed by atoms with Gasteiger partial charge in [-0.2, -0.15) is 0 Å². The molecule has 20 heavy (non-hydrogen) atoms. The fraction of sp³-hybridized carbons (Fsp3) is 0. The second-order valence-corrected chi connectivity index (χ2v) is 3.81. The molecule has 2 aromatic rings. The topological polar surface area (TPSA) is 162 Å². The van der Waals surface area contributed by atoms with Gasteiger partial charge in [-0.3, -0.25) is 10.1 Å². The molecule has 0 aliphatic carbocycles. The molecule has 0 aliphatic rings. The Balaban J connectivity index is 0.000000204. The average Bonchev–Trinajstić information content (AvgIpc) is 2.38. The summed E-state index contributed by atoms with van der Waals surface area (Å²) in [6.45, 7) is 0. The van der Waals surface area contributed by atoms with E-state index in [1.165, 1.54) is 24.3 Å². The molecule has 0 fully saturated rings. The highest BCUT2D eigenvalue weighted by Gasteiger charge is 2.10. The number of nitro groups is 1. The molecule has 8 heteroatoms. The molecule has 0 spiro atoms. The summed E-state index contributed by atoms with van der Waals surface area (Å²) in [6.07, 6.45) is 0. The molecule has 0 aliphatic heterocycles. The second kappa shape index (κ2) is 6.14. The lowest BCUT2D eigenvalue weighted by atomic mass is 10.2. The third-order valence-electron chi connectivity index (χ3n) is 2.28. The van der Waals surface area contributed by atoms with Crippen LogP contribution in [0.25, 0.3) is 0 Å². The number of anilines is 3. The van der Waals surface area contributed by atoms with Crippen molar-refractivity contribution in [3.05, 3.63) is 46.5 Å². The van der Waals surface area contributed by atoms with Crippen LogP contribution in [0, 0.1) is 10.1 Å². The summed E-state index contributed by atoms with van der Waals surface area (Å²) in [5, 5.41) is 27.8. The van der Waals surface area contributed by atoms with E-state index in [4.69, 9.17) is 27.4 Å². The molecule has 0 saturated carbocycles. The van der Waals surface area contributed by atoms with Crippen LogP contribution in [-0.4, -0.2) is 15.1 Å². The van der Waals surface area contributed by atoms with E-state index in [0.29, 0.717) is 11.4 Å². The third-order valence-corrected chi connectivity index (χ3v) is 2.28. The van der Waals surface area contributed by atoms with E-state index in [-0.39, 0.29) is 22.9 Å². The Morgan fingerprint density at radius 3 is 1.75 bits per heavy atom. The predicted molar refractivity (Wildman–Crippen MR) is 76.1 cm³/mol. The summed E-state index contributed by atoms with van der Waals surface area (Å²) in [5.74, 6) is -0.0207. The molecule has 0 radical (unpaired) electrons. The van der Waals surface area contributed by atoms with Gasteiger partial charge in [0.2, 0.25) is 0 Å². The highest BCUT2D eigenvalue weighted by atomic mass is 16.6. The summed E-state index contributed by atoms with van der Waals surface area (Å²) in [6, 6.07) is 8.05. The number of rotatable bonds is 1. The lowest BCUT2D eigenvalue weighted by molar-refractivity contribution is -0.384. The molecule has 0 amide bonds. The molecule has 0 heterocycles. The van der Waals surface area contributed by atoms with Crippen LogP contribution in [0.1, 0.15) is 0 Å². The van der Waals surface area contributed by atoms with Crippen LogP contribution in [0.3, 0.4) is 0 Å². The standard InChI is InChI=1S/C6H6N2O3.C6H8N2O/c7-5-2-1-4(9)3-6(5)8(10)11;7-5-2-1-4(9)3-6(5)8/h1-3,9H,7H2;1-3,9H,7-8H2. The summed E-state index contributed by atoms with van der Waals surface area (Å²) in [7, 11) is 0. The number of nitrogens with two attached hydrogens (primary N) is 3. The average molecular weight is 278 g/mol. The van der Waals surface area contributed by atoms with Crippen molar-refractivity contribution in [2.75, 3.05) is 17.2 Å². The Labute approximate surface area is 114 Å². The summed E-state index contributed by atoms with van der Waals surface area (Å²) >= 11 is 0. The molecule has 0 bridgehead atoms. The highest BCUT2D eigenvalue weighted by molar-refractivity contribution is 5.64. The quantitative estimate of drug-likeness (QED) is 0.228.